The van der Waals surface area contributed by atoms with Crippen molar-refractivity contribution < 1.29 is 0 Å². The van der Waals surface area contributed by atoms with Crippen LogP contribution in [0.3, 0.4) is 0 Å². The van der Waals surface area contributed by atoms with Crippen molar-refractivity contribution in [2.24, 2.45) is 16.3 Å². The van der Waals surface area contributed by atoms with Gasteiger partial charge in [-0.05, 0) is 43.4 Å². The molecule has 2 N–H and O–H groups in total. The molecule has 0 aromatic carbocycles. The summed E-state index contributed by atoms with van der Waals surface area (Å²) < 4.78 is 0. The minimum Gasteiger partial charge on any atom is -0.356 e. The second kappa shape index (κ2) is 3.69. The Morgan fingerprint density at radius 1 is 1.33 bits per heavy atom. The maximum absolute atomic E-state index is 4.47. The van der Waals surface area contributed by atoms with E-state index in [0.29, 0.717) is 5.41 Å². The zero-order valence-corrected chi connectivity index (χ0v) is 9.39. The number of guanidine groups is 1. The molecule has 0 atom stereocenters. The second-order valence-electron chi connectivity index (χ2n) is 5.35. The van der Waals surface area contributed by atoms with Gasteiger partial charge in [-0.15, -0.1) is 0 Å². The van der Waals surface area contributed by atoms with Gasteiger partial charge in [-0.2, -0.15) is 0 Å². The minimum atomic E-state index is 0.654. The average molecular weight is 207 g/mol. The fraction of sp³-hybridized carbons (Fsp3) is 0.917. The molecule has 0 amide bonds. The van der Waals surface area contributed by atoms with E-state index in [-0.39, 0.29) is 0 Å². The van der Waals surface area contributed by atoms with Crippen LogP contribution in [0.1, 0.15) is 38.5 Å². The Labute approximate surface area is 91.7 Å². The van der Waals surface area contributed by atoms with Crippen molar-refractivity contribution in [3.63, 3.8) is 0 Å². The SMILES string of the molecule is C1CN=C(NCC2(C3CC3)CCC2)NC1. The number of nitrogens with zero attached hydrogens (tertiary/aromatic N) is 1. The largest absolute Gasteiger partial charge is 0.356 e. The van der Waals surface area contributed by atoms with E-state index in [1.165, 1.54) is 38.5 Å². The van der Waals surface area contributed by atoms with Crippen LogP contribution in [-0.4, -0.2) is 25.6 Å². The third-order valence-electron chi connectivity index (χ3n) is 4.30. The van der Waals surface area contributed by atoms with Crippen molar-refractivity contribution >= 4 is 5.96 Å². The summed E-state index contributed by atoms with van der Waals surface area (Å²) in [5.74, 6) is 2.08. The first-order valence-electron chi connectivity index (χ1n) is 6.41. The van der Waals surface area contributed by atoms with E-state index in [4.69, 9.17) is 0 Å². The summed E-state index contributed by atoms with van der Waals surface area (Å²) in [4.78, 5) is 4.47. The van der Waals surface area contributed by atoms with Gasteiger partial charge in [-0.1, -0.05) is 6.42 Å². The van der Waals surface area contributed by atoms with Crippen molar-refractivity contribution in [3.05, 3.63) is 0 Å². The van der Waals surface area contributed by atoms with Crippen LogP contribution >= 0.6 is 0 Å². The van der Waals surface area contributed by atoms with E-state index in [9.17, 15) is 0 Å². The van der Waals surface area contributed by atoms with E-state index in [1.54, 1.807) is 0 Å². The molecule has 0 radical (unpaired) electrons. The Hall–Kier alpha value is -0.730. The van der Waals surface area contributed by atoms with E-state index in [2.05, 4.69) is 15.6 Å². The van der Waals surface area contributed by atoms with Crippen molar-refractivity contribution in [1.29, 1.82) is 0 Å². The summed E-state index contributed by atoms with van der Waals surface area (Å²) in [6.45, 7) is 3.23. The van der Waals surface area contributed by atoms with Crippen molar-refractivity contribution in [1.82, 2.24) is 10.6 Å². The van der Waals surface area contributed by atoms with Crippen LogP contribution in [0.15, 0.2) is 4.99 Å². The Morgan fingerprint density at radius 3 is 2.73 bits per heavy atom. The molecule has 0 unspecified atom stereocenters. The van der Waals surface area contributed by atoms with Gasteiger partial charge in [0.1, 0.15) is 0 Å². The Kier molecular flexibility index (Phi) is 2.33. The third-order valence-corrected chi connectivity index (χ3v) is 4.30. The predicted molar refractivity (Wildman–Crippen MR) is 61.9 cm³/mol. The molecule has 1 heterocycles. The lowest BCUT2D eigenvalue weighted by atomic mass is 9.65. The van der Waals surface area contributed by atoms with E-state index in [1.807, 2.05) is 0 Å². The molecule has 15 heavy (non-hydrogen) atoms. The average Bonchev–Trinajstić information content (AvgIpc) is 3.02. The van der Waals surface area contributed by atoms with E-state index < -0.39 is 0 Å². The molecule has 0 spiro atoms. The van der Waals surface area contributed by atoms with Crippen LogP contribution in [0, 0.1) is 11.3 Å². The van der Waals surface area contributed by atoms with Crippen LogP contribution in [0.5, 0.6) is 0 Å². The second-order valence-corrected chi connectivity index (χ2v) is 5.35. The highest BCUT2D eigenvalue weighted by Gasteiger charge is 2.48. The molecular weight excluding hydrogens is 186 g/mol. The first kappa shape index (κ1) is 9.49. The smallest absolute Gasteiger partial charge is 0.191 e. The molecule has 0 saturated heterocycles. The number of nitrogens with one attached hydrogen (secondary N) is 2. The van der Waals surface area contributed by atoms with Crippen LogP contribution in [-0.2, 0) is 0 Å². The standard InChI is InChI=1S/C12H21N3/c1-5-12(6-1,10-3-4-10)9-15-11-13-7-2-8-14-11/h10H,1-9H2,(H2,13,14,15). The van der Waals surface area contributed by atoms with E-state index >= 15 is 0 Å². The van der Waals surface area contributed by atoms with Crippen LogP contribution in [0.25, 0.3) is 0 Å². The quantitative estimate of drug-likeness (QED) is 0.736. The van der Waals surface area contributed by atoms with Gasteiger partial charge in [-0.3, -0.25) is 4.99 Å². The van der Waals surface area contributed by atoms with E-state index in [0.717, 1.165) is 31.5 Å². The molecule has 1 aliphatic heterocycles. The molecule has 2 fully saturated rings. The molecule has 2 aliphatic carbocycles. The number of aliphatic imine (C=N–C) groups is 1. The van der Waals surface area contributed by atoms with Gasteiger partial charge in [0.05, 0.1) is 0 Å². The van der Waals surface area contributed by atoms with Crippen LogP contribution < -0.4 is 10.6 Å². The summed E-state index contributed by atoms with van der Waals surface area (Å²) in [5, 5.41) is 6.86. The number of rotatable bonds is 3. The molecule has 2 saturated carbocycles. The highest BCUT2D eigenvalue weighted by molar-refractivity contribution is 5.80. The van der Waals surface area contributed by atoms with Gasteiger partial charge in [0.15, 0.2) is 5.96 Å². The van der Waals surface area contributed by atoms with Crippen molar-refractivity contribution in [2.75, 3.05) is 19.6 Å². The Balaban J connectivity index is 1.53. The van der Waals surface area contributed by atoms with Gasteiger partial charge in [0.25, 0.3) is 0 Å². The lowest BCUT2D eigenvalue weighted by Crippen LogP contribution is -2.48. The predicted octanol–water partition coefficient (Wildman–Crippen LogP) is 1.51. The zero-order valence-electron chi connectivity index (χ0n) is 9.39. The maximum Gasteiger partial charge on any atom is 0.191 e. The lowest BCUT2D eigenvalue weighted by Gasteiger charge is -2.43. The molecule has 0 aromatic rings. The molecule has 3 heteroatoms. The van der Waals surface area contributed by atoms with Gasteiger partial charge >= 0.3 is 0 Å². The van der Waals surface area contributed by atoms with Crippen LogP contribution in [0.4, 0.5) is 0 Å². The number of hydrogen-bond acceptors (Lipinski definition) is 3. The summed E-state index contributed by atoms with van der Waals surface area (Å²) >= 11 is 0. The topological polar surface area (TPSA) is 36.4 Å². The summed E-state index contributed by atoms with van der Waals surface area (Å²) in [6.07, 6.45) is 8.45. The van der Waals surface area contributed by atoms with Crippen LogP contribution in [0.2, 0.25) is 0 Å². The number of hydrogen-bond donors (Lipinski definition) is 2. The molecule has 0 bridgehead atoms. The minimum absolute atomic E-state index is 0.654. The zero-order chi connectivity index (χ0) is 10.1. The van der Waals surface area contributed by atoms with Crippen molar-refractivity contribution in [3.8, 4) is 0 Å². The highest BCUT2D eigenvalue weighted by Crippen LogP contribution is 2.56. The highest BCUT2D eigenvalue weighted by atomic mass is 15.2. The Bertz CT molecular complexity index is 264. The molecule has 3 nitrogen and oxygen atoms in total. The molecule has 3 rings (SSSR count). The first-order chi connectivity index (χ1) is 7.39. The van der Waals surface area contributed by atoms with Gasteiger partial charge in [0, 0.05) is 19.6 Å². The summed E-state index contributed by atoms with van der Waals surface area (Å²) in [7, 11) is 0. The molecule has 0 aromatic heterocycles. The van der Waals surface area contributed by atoms with Crippen molar-refractivity contribution in [2.45, 2.75) is 38.5 Å². The van der Waals surface area contributed by atoms with Gasteiger partial charge < -0.3 is 10.6 Å². The maximum atomic E-state index is 4.47. The molecule has 84 valence electrons. The van der Waals surface area contributed by atoms with Gasteiger partial charge in [0.2, 0.25) is 0 Å². The molecular formula is C12H21N3. The van der Waals surface area contributed by atoms with Gasteiger partial charge in [-0.25, -0.2) is 0 Å². The summed E-state index contributed by atoms with van der Waals surface area (Å²) in [6, 6.07) is 0. The monoisotopic (exact) mass is 207 g/mol. The Morgan fingerprint density at radius 2 is 2.20 bits per heavy atom. The summed E-state index contributed by atoms with van der Waals surface area (Å²) in [5.41, 5.74) is 0.654. The third kappa shape index (κ3) is 1.84. The fourth-order valence-corrected chi connectivity index (χ4v) is 2.97. The molecule has 3 aliphatic rings. The fourth-order valence-electron chi connectivity index (χ4n) is 2.97. The normalized spacial score (nSPS) is 28.7. The first-order valence-corrected chi connectivity index (χ1v) is 6.41. The lowest BCUT2D eigenvalue weighted by molar-refractivity contribution is 0.106.